The Bertz CT molecular complexity index is 597. The Labute approximate surface area is 119 Å². The highest BCUT2D eigenvalue weighted by molar-refractivity contribution is 7.87. The summed E-state index contributed by atoms with van der Waals surface area (Å²) in [5, 5.41) is 0. The van der Waals surface area contributed by atoms with E-state index in [4.69, 9.17) is 14.2 Å². The van der Waals surface area contributed by atoms with Crippen LogP contribution in [0.1, 0.15) is 5.56 Å². The molecule has 6 nitrogen and oxygen atoms in total. The van der Waals surface area contributed by atoms with E-state index in [1.165, 1.54) is 33.5 Å². The zero-order valence-electron chi connectivity index (χ0n) is 11.4. The van der Waals surface area contributed by atoms with E-state index in [1.54, 1.807) is 0 Å². The summed E-state index contributed by atoms with van der Waals surface area (Å²) >= 11 is 0. The van der Waals surface area contributed by atoms with Gasteiger partial charge in [-0.15, -0.1) is 0 Å². The fraction of sp³-hybridized carbons (Fsp3) is 0.455. The SMILES string of the molecule is COc1ccc(COS(=O)(=O)C(F)(F)F)c(OC)c1OC. The number of ether oxygens (including phenoxy) is 3. The molecule has 1 aromatic rings. The Balaban J connectivity index is 3.11. The van der Waals surface area contributed by atoms with Crippen molar-refractivity contribution in [2.75, 3.05) is 21.3 Å². The van der Waals surface area contributed by atoms with Crippen molar-refractivity contribution in [3.63, 3.8) is 0 Å². The topological polar surface area (TPSA) is 71.1 Å². The van der Waals surface area contributed by atoms with Gasteiger partial charge >= 0.3 is 15.6 Å². The quantitative estimate of drug-likeness (QED) is 0.587. The van der Waals surface area contributed by atoms with Gasteiger partial charge in [0.2, 0.25) is 5.75 Å². The van der Waals surface area contributed by atoms with Gasteiger partial charge in [0.1, 0.15) is 0 Å². The molecule has 0 unspecified atom stereocenters. The lowest BCUT2D eigenvalue weighted by atomic mass is 10.2. The predicted octanol–water partition coefficient (Wildman–Crippen LogP) is 2.08. The number of methoxy groups -OCH3 is 3. The number of alkyl halides is 3. The highest BCUT2D eigenvalue weighted by atomic mass is 32.2. The van der Waals surface area contributed by atoms with Crippen molar-refractivity contribution in [1.82, 2.24) is 0 Å². The molecule has 0 fully saturated rings. The minimum Gasteiger partial charge on any atom is -0.493 e. The van der Waals surface area contributed by atoms with Crippen LogP contribution in [0, 0.1) is 0 Å². The lowest BCUT2D eigenvalue weighted by molar-refractivity contribution is -0.0548. The zero-order valence-corrected chi connectivity index (χ0v) is 12.2. The van der Waals surface area contributed by atoms with Gasteiger partial charge in [0.25, 0.3) is 0 Å². The van der Waals surface area contributed by atoms with E-state index in [9.17, 15) is 21.6 Å². The highest BCUT2D eigenvalue weighted by Crippen LogP contribution is 2.40. The third-order valence-electron chi connectivity index (χ3n) is 2.44. The van der Waals surface area contributed by atoms with Gasteiger partial charge in [-0.05, 0) is 12.1 Å². The Morgan fingerprint density at radius 3 is 2.00 bits per heavy atom. The van der Waals surface area contributed by atoms with Crippen molar-refractivity contribution in [2.45, 2.75) is 12.1 Å². The molecule has 0 aromatic heterocycles. The minimum atomic E-state index is -5.68. The molecule has 0 N–H and O–H groups in total. The summed E-state index contributed by atoms with van der Waals surface area (Å²) in [6.07, 6.45) is 0. The maximum atomic E-state index is 12.2. The van der Waals surface area contributed by atoms with E-state index in [2.05, 4.69) is 4.18 Å². The van der Waals surface area contributed by atoms with Crippen molar-refractivity contribution in [3.8, 4) is 17.2 Å². The molecule has 0 heterocycles. The summed E-state index contributed by atoms with van der Waals surface area (Å²) < 4.78 is 77.3. The van der Waals surface area contributed by atoms with E-state index in [0.29, 0.717) is 0 Å². The van der Waals surface area contributed by atoms with Gasteiger partial charge in [-0.25, -0.2) is 0 Å². The second-order valence-corrected chi connectivity index (χ2v) is 5.26. The Hall–Kier alpha value is -1.68. The van der Waals surface area contributed by atoms with Gasteiger partial charge in [0, 0.05) is 5.56 Å². The third-order valence-corrected chi connectivity index (χ3v) is 3.43. The van der Waals surface area contributed by atoms with E-state index in [-0.39, 0.29) is 22.8 Å². The van der Waals surface area contributed by atoms with E-state index >= 15 is 0 Å². The molecule has 0 spiro atoms. The molecule has 0 bridgehead atoms. The average Bonchev–Trinajstić information content (AvgIpc) is 2.42. The summed E-state index contributed by atoms with van der Waals surface area (Å²) in [6.45, 7) is -0.856. The first-order valence-electron chi connectivity index (χ1n) is 5.41. The summed E-state index contributed by atoms with van der Waals surface area (Å²) in [6, 6.07) is 2.70. The first kappa shape index (κ1) is 17.4. The summed E-state index contributed by atoms with van der Waals surface area (Å²) in [5.74, 6) is 0.413. The van der Waals surface area contributed by atoms with Gasteiger partial charge in [-0.1, -0.05) is 0 Å². The van der Waals surface area contributed by atoms with Crippen LogP contribution in [0.4, 0.5) is 13.2 Å². The molecule has 0 radical (unpaired) electrons. The molecule has 0 amide bonds. The maximum absolute atomic E-state index is 12.2. The average molecular weight is 330 g/mol. The molecule has 0 saturated carbocycles. The van der Waals surface area contributed by atoms with Crippen LogP contribution in [-0.4, -0.2) is 35.3 Å². The van der Waals surface area contributed by atoms with Gasteiger partial charge < -0.3 is 14.2 Å². The number of hydrogen-bond donors (Lipinski definition) is 0. The van der Waals surface area contributed by atoms with Crippen LogP contribution in [0.5, 0.6) is 17.2 Å². The predicted molar refractivity (Wildman–Crippen MR) is 65.9 cm³/mol. The van der Waals surface area contributed by atoms with Crippen LogP contribution >= 0.6 is 0 Å². The summed E-state index contributed by atoms with van der Waals surface area (Å²) in [5.41, 5.74) is -5.43. The molecule has 1 aromatic carbocycles. The van der Waals surface area contributed by atoms with Crippen molar-refractivity contribution in [3.05, 3.63) is 17.7 Å². The van der Waals surface area contributed by atoms with Crippen LogP contribution in [0.3, 0.4) is 0 Å². The molecular formula is C11H13F3O6S. The standard InChI is InChI=1S/C11H13F3O6S/c1-17-8-5-4-7(9(18-2)10(8)19-3)6-20-21(15,16)11(12,13)14/h4-5H,6H2,1-3H3. The van der Waals surface area contributed by atoms with Crippen molar-refractivity contribution >= 4 is 10.1 Å². The first-order valence-corrected chi connectivity index (χ1v) is 6.82. The van der Waals surface area contributed by atoms with E-state index in [1.807, 2.05) is 0 Å². The van der Waals surface area contributed by atoms with Crippen molar-refractivity contribution < 1.29 is 40.0 Å². The molecule has 10 heteroatoms. The molecule has 0 aliphatic carbocycles. The van der Waals surface area contributed by atoms with Gasteiger partial charge in [-0.2, -0.15) is 21.6 Å². The number of rotatable bonds is 6. The fourth-order valence-corrected chi connectivity index (χ4v) is 1.90. The Morgan fingerprint density at radius 1 is 1.00 bits per heavy atom. The van der Waals surface area contributed by atoms with Crippen LogP contribution in [0.15, 0.2) is 12.1 Å². The lowest BCUT2D eigenvalue weighted by Gasteiger charge is -2.16. The molecule has 0 aliphatic heterocycles. The van der Waals surface area contributed by atoms with Crippen LogP contribution in [-0.2, 0) is 20.9 Å². The second-order valence-electron chi connectivity index (χ2n) is 3.66. The zero-order chi connectivity index (χ0) is 16.3. The molecule has 0 atom stereocenters. The third kappa shape index (κ3) is 3.70. The maximum Gasteiger partial charge on any atom is 0.523 e. The highest BCUT2D eigenvalue weighted by Gasteiger charge is 2.47. The van der Waals surface area contributed by atoms with Crippen LogP contribution in [0.2, 0.25) is 0 Å². The number of halogens is 3. The van der Waals surface area contributed by atoms with Crippen molar-refractivity contribution in [1.29, 1.82) is 0 Å². The van der Waals surface area contributed by atoms with Crippen LogP contribution in [0.25, 0.3) is 0 Å². The van der Waals surface area contributed by atoms with Gasteiger partial charge in [0.05, 0.1) is 27.9 Å². The minimum absolute atomic E-state index is 0.0224. The largest absolute Gasteiger partial charge is 0.523 e. The smallest absolute Gasteiger partial charge is 0.493 e. The lowest BCUT2D eigenvalue weighted by Crippen LogP contribution is -2.25. The molecular weight excluding hydrogens is 317 g/mol. The van der Waals surface area contributed by atoms with E-state index in [0.717, 1.165) is 0 Å². The fourth-order valence-electron chi connectivity index (χ4n) is 1.48. The molecule has 120 valence electrons. The summed E-state index contributed by atoms with van der Waals surface area (Å²) in [7, 11) is -1.77. The normalized spacial score (nSPS) is 12.1. The number of benzene rings is 1. The Kier molecular flexibility index (Phi) is 5.29. The van der Waals surface area contributed by atoms with Crippen LogP contribution < -0.4 is 14.2 Å². The molecule has 0 aliphatic rings. The molecule has 21 heavy (non-hydrogen) atoms. The van der Waals surface area contributed by atoms with E-state index < -0.39 is 22.2 Å². The van der Waals surface area contributed by atoms with Gasteiger partial charge in [0.15, 0.2) is 11.5 Å². The molecule has 0 saturated heterocycles. The second kappa shape index (κ2) is 6.39. The van der Waals surface area contributed by atoms with Gasteiger partial charge in [-0.3, -0.25) is 4.18 Å². The number of hydrogen-bond acceptors (Lipinski definition) is 6. The first-order chi connectivity index (χ1) is 9.67. The Morgan fingerprint density at radius 2 is 1.57 bits per heavy atom. The molecule has 1 rings (SSSR count). The summed E-state index contributed by atoms with van der Waals surface area (Å²) in [4.78, 5) is 0. The monoisotopic (exact) mass is 330 g/mol. The van der Waals surface area contributed by atoms with Crippen molar-refractivity contribution in [2.24, 2.45) is 0 Å².